The monoisotopic (exact) mass is 242 g/mol. The van der Waals surface area contributed by atoms with Crippen LogP contribution in [0.5, 0.6) is 17.2 Å². The Kier molecular flexibility index (Phi) is 2.63. The van der Waals surface area contributed by atoms with Crippen LogP contribution in [-0.2, 0) is 0 Å². The van der Waals surface area contributed by atoms with E-state index in [4.69, 9.17) is 21.7 Å². The van der Waals surface area contributed by atoms with Crippen LogP contribution in [-0.4, -0.2) is 16.6 Å². The number of anilines is 2. The first kappa shape index (κ1) is 12.0. The maximum Gasteiger partial charge on any atom is 0.573 e. The Morgan fingerprint density at radius 1 is 1.00 bits per heavy atom. The fourth-order valence-corrected chi connectivity index (χ4v) is 0.934. The van der Waals surface area contributed by atoms with Crippen LogP contribution in [0.4, 0.5) is 28.9 Å². The second-order valence-electron chi connectivity index (χ2n) is 2.72. The van der Waals surface area contributed by atoms with Gasteiger partial charge in [0.15, 0.2) is 17.2 Å². The first-order chi connectivity index (χ1) is 7.15. The molecule has 0 spiro atoms. The Hall–Kier alpha value is -2.06. The smallest absolute Gasteiger partial charge is 0.503 e. The fraction of sp³-hybridized carbons (Fsp3) is 0.143. The predicted molar refractivity (Wildman–Crippen MR) is 45.2 cm³/mol. The highest BCUT2D eigenvalue weighted by molar-refractivity contribution is 5.78. The van der Waals surface area contributed by atoms with Crippen molar-refractivity contribution in [3.63, 3.8) is 0 Å². The molecule has 0 bridgehead atoms. The van der Waals surface area contributed by atoms with Crippen LogP contribution in [0.15, 0.2) is 0 Å². The van der Waals surface area contributed by atoms with Gasteiger partial charge in [0.1, 0.15) is 11.4 Å². The van der Waals surface area contributed by atoms with Gasteiger partial charge >= 0.3 is 6.36 Å². The van der Waals surface area contributed by atoms with Crippen molar-refractivity contribution in [2.24, 2.45) is 0 Å². The molecular weight excluding hydrogens is 236 g/mol. The minimum Gasteiger partial charge on any atom is -0.503 e. The lowest BCUT2D eigenvalue weighted by Crippen LogP contribution is -2.19. The summed E-state index contributed by atoms with van der Waals surface area (Å²) in [6, 6.07) is 0. The highest BCUT2D eigenvalue weighted by atomic mass is 19.4. The number of halogens is 4. The summed E-state index contributed by atoms with van der Waals surface area (Å²) in [5, 5.41) is 17.9. The third-order valence-electron chi connectivity index (χ3n) is 1.63. The summed E-state index contributed by atoms with van der Waals surface area (Å²) < 4.78 is 51.8. The molecule has 9 heteroatoms. The molecule has 16 heavy (non-hydrogen) atoms. The van der Waals surface area contributed by atoms with Crippen LogP contribution in [0.2, 0.25) is 0 Å². The number of ether oxygens (including phenoxy) is 1. The van der Waals surface area contributed by atoms with E-state index >= 15 is 0 Å². The number of rotatable bonds is 1. The Morgan fingerprint density at radius 3 is 1.69 bits per heavy atom. The van der Waals surface area contributed by atoms with Gasteiger partial charge < -0.3 is 26.4 Å². The lowest BCUT2D eigenvalue weighted by molar-refractivity contribution is -0.274. The van der Waals surface area contributed by atoms with Gasteiger partial charge in [0.2, 0.25) is 5.82 Å². The molecule has 0 radical (unpaired) electrons. The number of alkyl halides is 3. The number of phenolic OH excluding ortho intramolecular Hbond substituents is 2. The molecule has 90 valence electrons. The van der Waals surface area contributed by atoms with E-state index in [1.165, 1.54) is 0 Å². The van der Waals surface area contributed by atoms with Crippen LogP contribution in [0.1, 0.15) is 0 Å². The molecule has 0 aliphatic heterocycles. The first-order valence-electron chi connectivity index (χ1n) is 3.69. The maximum absolute atomic E-state index is 12.9. The predicted octanol–water partition coefficient (Wildman–Crippen LogP) is 1.30. The van der Waals surface area contributed by atoms with Gasteiger partial charge in [-0.3, -0.25) is 0 Å². The van der Waals surface area contributed by atoms with E-state index in [1.54, 1.807) is 0 Å². The van der Waals surface area contributed by atoms with Crippen molar-refractivity contribution in [1.82, 2.24) is 0 Å². The van der Waals surface area contributed by atoms with Crippen molar-refractivity contribution in [2.45, 2.75) is 6.36 Å². The Labute approximate surface area is 85.8 Å². The lowest BCUT2D eigenvalue weighted by Gasteiger charge is -2.15. The minimum absolute atomic E-state index is 1.05. The molecule has 0 amide bonds. The molecule has 1 aromatic carbocycles. The standard InChI is InChI=1S/C7H6F4N2O3/c8-1-4(14)2(12)6(3(13)5(1)15)16-7(9,10)11/h14-15H,12-13H2. The van der Waals surface area contributed by atoms with Crippen molar-refractivity contribution < 1.29 is 32.5 Å². The van der Waals surface area contributed by atoms with Crippen LogP contribution < -0.4 is 16.2 Å². The van der Waals surface area contributed by atoms with Crippen LogP contribution in [0.3, 0.4) is 0 Å². The zero-order valence-corrected chi connectivity index (χ0v) is 7.47. The lowest BCUT2D eigenvalue weighted by atomic mass is 10.2. The maximum atomic E-state index is 12.9. The van der Waals surface area contributed by atoms with Crippen LogP contribution in [0, 0.1) is 5.82 Å². The van der Waals surface area contributed by atoms with Gasteiger partial charge in [0.05, 0.1) is 0 Å². The molecule has 6 N–H and O–H groups in total. The summed E-state index contributed by atoms with van der Waals surface area (Å²) in [7, 11) is 0. The van der Waals surface area contributed by atoms with Crippen LogP contribution in [0.25, 0.3) is 0 Å². The summed E-state index contributed by atoms with van der Waals surface area (Å²) >= 11 is 0. The molecular formula is C7H6F4N2O3. The third kappa shape index (κ3) is 1.97. The third-order valence-corrected chi connectivity index (χ3v) is 1.63. The molecule has 0 aliphatic rings. The molecule has 0 atom stereocenters. The van der Waals surface area contributed by atoms with E-state index in [0.717, 1.165) is 0 Å². The van der Waals surface area contributed by atoms with Gasteiger partial charge in [-0.1, -0.05) is 0 Å². The molecule has 1 aromatic rings. The van der Waals surface area contributed by atoms with E-state index in [-0.39, 0.29) is 0 Å². The van der Waals surface area contributed by atoms with Crippen molar-refractivity contribution in [3.8, 4) is 17.2 Å². The molecule has 0 unspecified atom stereocenters. The molecule has 5 nitrogen and oxygen atoms in total. The second kappa shape index (κ2) is 3.51. The van der Waals surface area contributed by atoms with Gasteiger partial charge in [0, 0.05) is 0 Å². The number of benzene rings is 1. The Bertz CT molecular complexity index is 404. The number of nitrogens with two attached hydrogens (primary N) is 2. The molecule has 0 fully saturated rings. The average molecular weight is 242 g/mol. The minimum atomic E-state index is -5.14. The Morgan fingerprint density at radius 2 is 1.38 bits per heavy atom. The highest BCUT2D eigenvalue weighted by Crippen LogP contribution is 2.46. The van der Waals surface area contributed by atoms with Gasteiger partial charge in [-0.2, -0.15) is 4.39 Å². The largest absolute Gasteiger partial charge is 0.573 e. The summed E-state index contributed by atoms with van der Waals surface area (Å²) in [5.74, 6) is -5.61. The zero-order chi connectivity index (χ0) is 12.7. The van der Waals surface area contributed by atoms with E-state index < -0.39 is 40.8 Å². The number of phenols is 2. The quantitative estimate of drug-likeness (QED) is 0.257. The van der Waals surface area contributed by atoms with E-state index in [9.17, 15) is 17.6 Å². The summed E-state index contributed by atoms with van der Waals surface area (Å²) in [6.07, 6.45) is -5.14. The summed E-state index contributed by atoms with van der Waals surface area (Å²) in [4.78, 5) is 0. The molecule has 0 saturated heterocycles. The average Bonchev–Trinajstić information content (AvgIpc) is 2.17. The number of nitrogen functional groups attached to an aromatic ring is 2. The van der Waals surface area contributed by atoms with Crippen molar-refractivity contribution >= 4 is 11.4 Å². The number of aromatic hydroxyl groups is 2. The molecule has 0 aromatic heterocycles. The topological polar surface area (TPSA) is 102 Å². The van der Waals surface area contributed by atoms with Crippen molar-refractivity contribution in [3.05, 3.63) is 5.82 Å². The molecule has 0 heterocycles. The molecule has 0 saturated carbocycles. The number of hydrogen-bond donors (Lipinski definition) is 4. The summed E-state index contributed by atoms with van der Waals surface area (Å²) in [6.45, 7) is 0. The van der Waals surface area contributed by atoms with E-state index in [0.29, 0.717) is 0 Å². The van der Waals surface area contributed by atoms with Crippen LogP contribution >= 0.6 is 0 Å². The summed E-state index contributed by atoms with van der Waals surface area (Å²) in [5.41, 5.74) is 7.81. The van der Waals surface area contributed by atoms with E-state index in [2.05, 4.69) is 4.74 Å². The van der Waals surface area contributed by atoms with Gasteiger partial charge in [-0.05, 0) is 0 Å². The van der Waals surface area contributed by atoms with Gasteiger partial charge in [-0.15, -0.1) is 13.2 Å². The van der Waals surface area contributed by atoms with E-state index in [1.807, 2.05) is 0 Å². The van der Waals surface area contributed by atoms with Crippen molar-refractivity contribution in [1.29, 1.82) is 0 Å². The highest BCUT2D eigenvalue weighted by Gasteiger charge is 2.35. The Balaban J connectivity index is 3.40. The second-order valence-corrected chi connectivity index (χ2v) is 2.72. The SMILES string of the molecule is Nc1c(O)c(F)c(O)c(N)c1OC(F)(F)F. The molecule has 1 rings (SSSR count). The fourth-order valence-electron chi connectivity index (χ4n) is 0.934. The normalized spacial score (nSPS) is 11.5. The molecule has 0 aliphatic carbocycles. The van der Waals surface area contributed by atoms with Gasteiger partial charge in [0.25, 0.3) is 0 Å². The van der Waals surface area contributed by atoms with Crippen molar-refractivity contribution in [2.75, 3.05) is 11.5 Å². The van der Waals surface area contributed by atoms with Gasteiger partial charge in [-0.25, -0.2) is 0 Å². The number of hydrogen-bond acceptors (Lipinski definition) is 5. The zero-order valence-electron chi connectivity index (χ0n) is 7.47. The first-order valence-corrected chi connectivity index (χ1v) is 3.69.